The fraction of sp³-hybridized carbons (Fsp3) is 0.625. The summed E-state index contributed by atoms with van der Waals surface area (Å²) < 4.78 is 22.0. The van der Waals surface area contributed by atoms with Crippen LogP contribution >= 0.6 is 0 Å². The van der Waals surface area contributed by atoms with Crippen molar-refractivity contribution in [2.24, 2.45) is 10.9 Å². The topological polar surface area (TPSA) is 89.1 Å². The van der Waals surface area contributed by atoms with Crippen molar-refractivity contribution in [1.82, 2.24) is 15.6 Å². The summed E-state index contributed by atoms with van der Waals surface area (Å²) in [4.78, 5) is 8.17. The summed E-state index contributed by atoms with van der Waals surface area (Å²) in [7, 11) is 3.35. The van der Waals surface area contributed by atoms with E-state index in [9.17, 15) is 0 Å². The van der Waals surface area contributed by atoms with E-state index < -0.39 is 0 Å². The molecule has 1 saturated heterocycles. The van der Waals surface area contributed by atoms with Gasteiger partial charge in [0, 0.05) is 62.0 Å². The highest BCUT2D eigenvalue weighted by molar-refractivity contribution is 5.88. The zero-order chi connectivity index (χ0) is 22.6. The van der Waals surface area contributed by atoms with Crippen LogP contribution in [0.3, 0.4) is 0 Å². The van der Waals surface area contributed by atoms with Gasteiger partial charge in [0.05, 0.1) is 33.0 Å². The van der Waals surface area contributed by atoms with Gasteiger partial charge in [0.1, 0.15) is 11.5 Å². The Labute approximate surface area is 191 Å². The summed E-state index contributed by atoms with van der Waals surface area (Å²) in [5.41, 5.74) is 2.20. The maximum atomic E-state index is 5.76. The van der Waals surface area contributed by atoms with Crippen molar-refractivity contribution >= 4 is 16.9 Å². The Hall–Kier alpha value is -2.45. The number of hydrogen-bond acceptors (Lipinski definition) is 5. The number of hydrogen-bond donors (Lipinski definition) is 3. The summed E-state index contributed by atoms with van der Waals surface area (Å²) in [5, 5.41) is 7.78. The molecule has 1 aliphatic rings. The Morgan fingerprint density at radius 2 is 2.09 bits per heavy atom. The smallest absolute Gasteiger partial charge is 0.191 e. The maximum absolute atomic E-state index is 5.76. The van der Waals surface area contributed by atoms with Crippen molar-refractivity contribution < 1.29 is 18.9 Å². The van der Waals surface area contributed by atoms with Gasteiger partial charge in [-0.3, -0.25) is 4.99 Å². The van der Waals surface area contributed by atoms with E-state index in [1.165, 1.54) is 5.69 Å². The molecule has 3 rings (SSSR count). The minimum absolute atomic E-state index is 0.572. The molecule has 2 heterocycles. The highest BCUT2D eigenvalue weighted by Crippen LogP contribution is 2.31. The number of H-pyrrole nitrogens is 1. The first-order chi connectivity index (χ1) is 15.7. The minimum atomic E-state index is 0.572. The van der Waals surface area contributed by atoms with Crippen molar-refractivity contribution in [2.75, 3.05) is 60.3 Å². The SMILES string of the molecule is CCNC(=NCCCc1cc2c(OC)cc(OC)cc2[nH]1)NCCCOCC1CCOC1. The lowest BCUT2D eigenvalue weighted by molar-refractivity contribution is 0.0888. The Kier molecular flexibility index (Phi) is 9.97. The van der Waals surface area contributed by atoms with E-state index in [0.717, 1.165) is 100 Å². The Balaban J connectivity index is 1.39. The molecule has 0 spiro atoms. The van der Waals surface area contributed by atoms with Gasteiger partial charge in [-0.05, 0) is 38.7 Å². The maximum Gasteiger partial charge on any atom is 0.191 e. The summed E-state index contributed by atoms with van der Waals surface area (Å²) in [6.07, 6.45) is 3.95. The lowest BCUT2D eigenvalue weighted by atomic mass is 10.1. The summed E-state index contributed by atoms with van der Waals surface area (Å²) >= 11 is 0. The molecule has 2 aromatic rings. The van der Waals surface area contributed by atoms with Gasteiger partial charge in [0.25, 0.3) is 0 Å². The fourth-order valence-electron chi connectivity index (χ4n) is 3.81. The Morgan fingerprint density at radius 1 is 1.19 bits per heavy atom. The average molecular weight is 447 g/mol. The molecular formula is C24H38N4O4. The molecule has 32 heavy (non-hydrogen) atoms. The van der Waals surface area contributed by atoms with E-state index in [0.29, 0.717) is 5.92 Å². The van der Waals surface area contributed by atoms with Crippen molar-refractivity contribution in [3.63, 3.8) is 0 Å². The number of guanidine groups is 1. The molecule has 1 aromatic carbocycles. The van der Waals surface area contributed by atoms with E-state index >= 15 is 0 Å². The number of nitrogens with zero attached hydrogens (tertiary/aromatic N) is 1. The monoisotopic (exact) mass is 446 g/mol. The number of aliphatic imine (C=N–C) groups is 1. The number of aryl methyl sites for hydroxylation is 1. The van der Waals surface area contributed by atoms with E-state index in [2.05, 4.69) is 28.6 Å². The van der Waals surface area contributed by atoms with Crippen molar-refractivity contribution in [2.45, 2.75) is 32.6 Å². The van der Waals surface area contributed by atoms with E-state index in [4.69, 9.17) is 23.9 Å². The number of nitrogens with one attached hydrogen (secondary N) is 3. The van der Waals surface area contributed by atoms with Crippen LogP contribution in [0.2, 0.25) is 0 Å². The molecule has 0 bridgehead atoms. The van der Waals surface area contributed by atoms with Crippen molar-refractivity contribution in [3.05, 3.63) is 23.9 Å². The zero-order valence-electron chi connectivity index (χ0n) is 19.7. The molecule has 1 unspecified atom stereocenters. The highest BCUT2D eigenvalue weighted by Gasteiger charge is 2.15. The number of aromatic nitrogens is 1. The quantitative estimate of drug-likeness (QED) is 0.249. The van der Waals surface area contributed by atoms with Crippen LogP contribution in [-0.2, 0) is 15.9 Å². The van der Waals surface area contributed by atoms with Crippen LogP contribution in [0.4, 0.5) is 0 Å². The van der Waals surface area contributed by atoms with Gasteiger partial charge >= 0.3 is 0 Å². The van der Waals surface area contributed by atoms with Gasteiger partial charge < -0.3 is 34.6 Å². The number of aromatic amines is 1. The molecule has 0 saturated carbocycles. The molecule has 0 aliphatic carbocycles. The number of ether oxygens (including phenoxy) is 4. The first kappa shape index (κ1) is 24.2. The molecular weight excluding hydrogens is 408 g/mol. The second kappa shape index (κ2) is 13.2. The van der Waals surface area contributed by atoms with Gasteiger partial charge in [0.2, 0.25) is 0 Å². The third-order valence-corrected chi connectivity index (χ3v) is 5.54. The molecule has 1 atom stereocenters. The predicted molar refractivity (Wildman–Crippen MR) is 128 cm³/mol. The van der Waals surface area contributed by atoms with Crippen LogP contribution in [0.25, 0.3) is 10.9 Å². The zero-order valence-corrected chi connectivity index (χ0v) is 19.7. The van der Waals surface area contributed by atoms with Gasteiger partial charge in [-0.1, -0.05) is 0 Å². The highest BCUT2D eigenvalue weighted by atomic mass is 16.5. The number of fused-ring (bicyclic) bond motifs is 1. The van der Waals surface area contributed by atoms with Crippen molar-refractivity contribution in [1.29, 1.82) is 0 Å². The fourth-order valence-corrected chi connectivity index (χ4v) is 3.81. The average Bonchev–Trinajstić information content (AvgIpc) is 3.47. The largest absolute Gasteiger partial charge is 0.497 e. The third-order valence-electron chi connectivity index (χ3n) is 5.54. The third kappa shape index (κ3) is 7.31. The van der Waals surface area contributed by atoms with Crippen LogP contribution in [0, 0.1) is 5.92 Å². The molecule has 1 aromatic heterocycles. The first-order valence-corrected chi connectivity index (χ1v) is 11.6. The summed E-state index contributed by atoms with van der Waals surface area (Å²) in [6, 6.07) is 6.06. The summed E-state index contributed by atoms with van der Waals surface area (Å²) in [6.45, 7) is 7.80. The van der Waals surface area contributed by atoms with Gasteiger partial charge in [-0.25, -0.2) is 0 Å². The van der Waals surface area contributed by atoms with Crippen LogP contribution in [0.15, 0.2) is 23.2 Å². The van der Waals surface area contributed by atoms with Gasteiger partial charge in [-0.2, -0.15) is 0 Å². The first-order valence-electron chi connectivity index (χ1n) is 11.6. The minimum Gasteiger partial charge on any atom is -0.497 e. The Bertz CT molecular complexity index is 846. The molecule has 1 fully saturated rings. The normalized spacial score (nSPS) is 16.5. The predicted octanol–water partition coefficient (Wildman–Crippen LogP) is 3.12. The second-order valence-electron chi connectivity index (χ2n) is 8.03. The molecule has 0 radical (unpaired) electrons. The molecule has 8 heteroatoms. The second-order valence-corrected chi connectivity index (χ2v) is 8.03. The van der Waals surface area contributed by atoms with E-state index in [1.54, 1.807) is 14.2 Å². The standard InChI is InChI=1S/C24H38N4O4/c1-4-25-24(27-10-6-11-31-16-18-8-12-32-17-18)26-9-5-7-19-13-21-22(28-19)14-20(29-2)15-23(21)30-3/h13-15,18,28H,4-12,16-17H2,1-3H3,(H2,25,26,27). The molecule has 178 valence electrons. The van der Waals surface area contributed by atoms with Crippen LogP contribution < -0.4 is 20.1 Å². The Morgan fingerprint density at radius 3 is 2.84 bits per heavy atom. The van der Waals surface area contributed by atoms with Gasteiger partial charge in [0.15, 0.2) is 5.96 Å². The number of rotatable bonds is 13. The van der Waals surface area contributed by atoms with Gasteiger partial charge in [-0.15, -0.1) is 0 Å². The van der Waals surface area contributed by atoms with E-state index in [1.807, 2.05) is 12.1 Å². The molecule has 1 aliphatic heterocycles. The van der Waals surface area contributed by atoms with Crippen LogP contribution in [-0.4, -0.2) is 71.2 Å². The number of methoxy groups -OCH3 is 2. The van der Waals surface area contributed by atoms with Crippen molar-refractivity contribution in [3.8, 4) is 11.5 Å². The summed E-state index contributed by atoms with van der Waals surface area (Å²) in [5.74, 6) is 3.03. The van der Waals surface area contributed by atoms with E-state index in [-0.39, 0.29) is 0 Å². The molecule has 3 N–H and O–H groups in total. The van der Waals surface area contributed by atoms with Crippen LogP contribution in [0.5, 0.6) is 11.5 Å². The molecule has 0 amide bonds. The van der Waals surface area contributed by atoms with Crippen LogP contribution in [0.1, 0.15) is 31.9 Å². The lowest BCUT2D eigenvalue weighted by Gasteiger charge is -2.12. The lowest BCUT2D eigenvalue weighted by Crippen LogP contribution is -2.38. The molecule has 8 nitrogen and oxygen atoms in total. The number of benzene rings is 1.